The monoisotopic (exact) mass is 419 g/mol. The van der Waals surface area contributed by atoms with Crippen LogP contribution in [-0.2, 0) is 0 Å². The van der Waals surface area contributed by atoms with Gasteiger partial charge in [0, 0.05) is 17.0 Å². The van der Waals surface area contributed by atoms with E-state index in [4.69, 9.17) is 5.73 Å². The van der Waals surface area contributed by atoms with Crippen LogP contribution in [-0.4, -0.2) is 17.0 Å². The second-order valence-corrected chi connectivity index (χ2v) is 9.06. The maximum absolute atomic E-state index is 6.41. The molecule has 0 radical (unpaired) electrons. The van der Waals surface area contributed by atoms with Crippen LogP contribution >= 0.6 is 11.8 Å². The van der Waals surface area contributed by atoms with Crippen LogP contribution in [0.5, 0.6) is 0 Å². The quantitative estimate of drug-likeness (QED) is 0.411. The first-order valence-electron chi connectivity index (χ1n) is 10.9. The molecule has 0 bridgehead atoms. The number of thioether (sulfide) groups is 1. The minimum absolute atomic E-state index is 0.0345. The van der Waals surface area contributed by atoms with Crippen molar-refractivity contribution in [1.29, 1.82) is 0 Å². The molecule has 1 nitrogen and oxygen atoms in total. The number of hydrogen-bond donors (Lipinski definition) is 1. The average Bonchev–Trinajstić information content (AvgIpc) is 2.98. The average molecular weight is 420 g/mol. The fourth-order valence-electron chi connectivity index (χ4n) is 3.47. The van der Waals surface area contributed by atoms with Crippen molar-refractivity contribution in [1.82, 2.24) is 0 Å². The summed E-state index contributed by atoms with van der Waals surface area (Å²) in [5.74, 6) is 1.02. The van der Waals surface area contributed by atoms with Gasteiger partial charge in [-0.2, -0.15) is 0 Å². The van der Waals surface area contributed by atoms with Crippen LogP contribution in [0, 0.1) is 0 Å². The van der Waals surface area contributed by atoms with E-state index in [9.17, 15) is 0 Å². The zero-order chi connectivity index (χ0) is 21.8. The van der Waals surface area contributed by atoms with Gasteiger partial charge in [0.2, 0.25) is 0 Å². The van der Waals surface area contributed by atoms with E-state index in [1.54, 1.807) is 0 Å². The molecular formula is C28H37NS. The Morgan fingerprint density at radius 1 is 1.17 bits per heavy atom. The molecule has 2 N–H and O–H groups in total. The summed E-state index contributed by atoms with van der Waals surface area (Å²) in [5, 5.41) is 0.351. The van der Waals surface area contributed by atoms with Gasteiger partial charge in [0.25, 0.3) is 0 Å². The maximum atomic E-state index is 6.41. The van der Waals surface area contributed by atoms with Gasteiger partial charge in [0.15, 0.2) is 0 Å². The summed E-state index contributed by atoms with van der Waals surface area (Å²) in [5.41, 5.74) is 13.2. The van der Waals surface area contributed by atoms with Gasteiger partial charge >= 0.3 is 0 Å². The molecule has 0 aromatic heterocycles. The Kier molecular flexibility index (Phi) is 10.8. The van der Waals surface area contributed by atoms with Gasteiger partial charge in [-0.25, -0.2) is 0 Å². The van der Waals surface area contributed by atoms with Crippen molar-refractivity contribution in [3.63, 3.8) is 0 Å². The summed E-state index contributed by atoms with van der Waals surface area (Å²) in [6, 6.07) is 0.0345. The molecule has 1 aliphatic heterocycles. The molecule has 2 aliphatic rings. The third kappa shape index (κ3) is 8.01. The normalized spacial score (nSPS) is 22.4. The van der Waals surface area contributed by atoms with Gasteiger partial charge in [-0.15, -0.1) is 11.8 Å². The van der Waals surface area contributed by atoms with Crippen LogP contribution < -0.4 is 5.73 Å². The minimum atomic E-state index is 0.0345. The topological polar surface area (TPSA) is 26.0 Å². The van der Waals surface area contributed by atoms with Crippen LogP contribution in [0.1, 0.15) is 47.0 Å². The summed E-state index contributed by atoms with van der Waals surface area (Å²) >= 11 is 1.91. The fraction of sp³-hybridized carbons (Fsp3) is 0.357. The number of nitrogens with two attached hydrogens (primary N) is 1. The molecule has 0 saturated heterocycles. The summed E-state index contributed by atoms with van der Waals surface area (Å²) in [4.78, 5) is 0. The summed E-state index contributed by atoms with van der Waals surface area (Å²) < 4.78 is 0. The second-order valence-electron chi connectivity index (χ2n) is 7.89. The molecule has 0 aromatic rings. The molecule has 2 heteroatoms. The van der Waals surface area contributed by atoms with Crippen molar-refractivity contribution in [2.75, 3.05) is 5.75 Å². The lowest BCUT2D eigenvalue weighted by Crippen LogP contribution is -2.31. The lowest BCUT2D eigenvalue weighted by molar-refractivity contribution is 0.819. The molecule has 0 fully saturated rings. The molecule has 2 rings (SSSR count). The first-order chi connectivity index (χ1) is 14.5. The van der Waals surface area contributed by atoms with Crippen LogP contribution in [0.25, 0.3) is 0 Å². The molecule has 1 aliphatic carbocycles. The zero-order valence-electron chi connectivity index (χ0n) is 19.0. The van der Waals surface area contributed by atoms with Gasteiger partial charge in [-0.1, -0.05) is 95.7 Å². The molecule has 30 heavy (non-hydrogen) atoms. The van der Waals surface area contributed by atoms with Crippen molar-refractivity contribution in [2.45, 2.75) is 58.2 Å². The lowest BCUT2D eigenvalue weighted by atomic mass is 9.96. The molecule has 1 heterocycles. The molecule has 2 atom stereocenters. The summed E-state index contributed by atoms with van der Waals surface area (Å²) in [6.45, 7) is 8.67. The second kappa shape index (κ2) is 13.3. The Bertz CT molecular complexity index is 840. The zero-order valence-corrected chi connectivity index (χ0v) is 19.8. The van der Waals surface area contributed by atoms with Gasteiger partial charge in [0.1, 0.15) is 0 Å². The van der Waals surface area contributed by atoms with Crippen molar-refractivity contribution in [3.8, 4) is 0 Å². The fourth-order valence-corrected chi connectivity index (χ4v) is 4.55. The van der Waals surface area contributed by atoms with Crippen LogP contribution in [0.4, 0.5) is 0 Å². The molecule has 160 valence electrons. The highest BCUT2D eigenvalue weighted by molar-refractivity contribution is 8.00. The van der Waals surface area contributed by atoms with Gasteiger partial charge < -0.3 is 5.73 Å². The lowest BCUT2D eigenvalue weighted by Gasteiger charge is -2.20. The first-order valence-corrected chi connectivity index (χ1v) is 12.0. The third-order valence-corrected chi connectivity index (χ3v) is 6.98. The number of rotatable bonds is 8. The van der Waals surface area contributed by atoms with E-state index < -0.39 is 0 Å². The van der Waals surface area contributed by atoms with E-state index >= 15 is 0 Å². The predicted octanol–water partition coefficient (Wildman–Crippen LogP) is 7.55. The van der Waals surface area contributed by atoms with E-state index in [0.29, 0.717) is 5.25 Å². The molecular weight excluding hydrogens is 382 g/mol. The van der Waals surface area contributed by atoms with E-state index in [2.05, 4.69) is 107 Å². The van der Waals surface area contributed by atoms with E-state index in [0.717, 1.165) is 25.0 Å². The molecule has 0 aromatic carbocycles. The molecule has 0 amide bonds. The maximum Gasteiger partial charge on any atom is 0.0447 e. The molecule has 2 unspecified atom stereocenters. The highest BCUT2D eigenvalue weighted by Crippen LogP contribution is 2.25. The van der Waals surface area contributed by atoms with E-state index in [1.807, 2.05) is 11.8 Å². The number of hydrogen-bond acceptors (Lipinski definition) is 2. The Hall–Kier alpha value is -2.03. The summed E-state index contributed by atoms with van der Waals surface area (Å²) in [7, 11) is 0. The largest absolute Gasteiger partial charge is 0.323 e. The predicted molar refractivity (Wildman–Crippen MR) is 138 cm³/mol. The van der Waals surface area contributed by atoms with Gasteiger partial charge in [-0.3, -0.25) is 0 Å². The van der Waals surface area contributed by atoms with Crippen molar-refractivity contribution >= 4 is 11.8 Å². The third-order valence-electron chi connectivity index (χ3n) is 5.55. The highest BCUT2D eigenvalue weighted by Gasteiger charge is 2.17. The van der Waals surface area contributed by atoms with Crippen molar-refractivity contribution < 1.29 is 0 Å². The Morgan fingerprint density at radius 3 is 2.70 bits per heavy atom. The highest BCUT2D eigenvalue weighted by atomic mass is 32.2. The van der Waals surface area contributed by atoms with Crippen molar-refractivity contribution in [3.05, 3.63) is 107 Å². The standard InChI is InChI=1S/C28H37NS/c1-5-25(26-17-7-6-8-18-26)19-13-16-23(3)22(2)14-9-10-20-27(29)28-24(4)15-11-12-21-30-28/h5-7,9-15,17,19-20,27-28H,8,16,18,21,29H2,1-4H3/b14-9-,19-13-,20-10?,23-22-,25-5+. The van der Waals surface area contributed by atoms with E-state index in [-0.39, 0.29) is 6.04 Å². The minimum Gasteiger partial charge on any atom is -0.323 e. The van der Waals surface area contributed by atoms with Crippen LogP contribution in [0.3, 0.4) is 0 Å². The van der Waals surface area contributed by atoms with Crippen LogP contribution in [0.2, 0.25) is 0 Å². The summed E-state index contributed by atoms with van der Waals surface area (Å²) in [6.07, 6.45) is 31.6. The smallest absolute Gasteiger partial charge is 0.0447 e. The van der Waals surface area contributed by atoms with Crippen LogP contribution in [0.15, 0.2) is 107 Å². The Labute approximate surface area is 188 Å². The molecule has 0 spiro atoms. The first kappa shape index (κ1) is 24.2. The SMILES string of the molecule is C/C=C(\C=C/C/C(C)=C(C)\C=C/C=CC(N)C1SCC=CC=C1C)C1=CC=CCC1. The molecule has 0 saturated carbocycles. The van der Waals surface area contributed by atoms with Gasteiger partial charge in [0.05, 0.1) is 0 Å². The Balaban J connectivity index is 1.89. The van der Waals surface area contributed by atoms with Gasteiger partial charge in [-0.05, 0) is 58.1 Å². The van der Waals surface area contributed by atoms with E-state index in [1.165, 1.54) is 27.9 Å². The number of allylic oxidation sites excluding steroid dienone is 15. The van der Waals surface area contributed by atoms with Crippen molar-refractivity contribution in [2.24, 2.45) is 5.73 Å². The Morgan fingerprint density at radius 2 is 1.97 bits per heavy atom.